The molecule has 0 aliphatic rings. The molecule has 0 atom stereocenters. The van der Waals surface area contributed by atoms with E-state index in [1.54, 1.807) is 6.20 Å². The third-order valence-electron chi connectivity index (χ3n) is 1.93. The van der Waals surface area contributed by atoms with E-state index in [9.17, 15) is 0 Å². The standard InChI is InChI=1S/C11H15BrN2/c1-4-14(8-9(2)3)11-5-6-13-7-10(11)12/h5-7H,2,4,8H2,1,3H3. The minimum atomic E-state index is 0.888. The summed E-state index contributed by atoms with van der Waals surface area (Å²) in [6.45, 7) is 9.96. The highest BCUT2D eigenvalue weighted by molar-refractivity contribution is 9.10. The molecule has 0 aliphatic carbocycles. The molecule has 2 nitrogen and oxygen atoms in total. The molecule has 0 aromatic carbocycles. The third kappa shape index (κ3) is 2.84. The van der Waals surface area contributed by atoms with Crippen LogP contribution in [0, 0.1) is 0 Å². The van der Waals surface area contributed by atoms with Crippen LogP contribution in [0.2, 0.25) is 0 Å². The van der Waals surface area contributed by atoms with Crippen LogP contribution in [0.1, 0.15) is 13.8 Å². The van der Waals surface area contributed by atoms with Crippen LogP contribution in [0.3, 0.4) is 0 Å². The average molecular weight is 255 g/mol. The molecule has 3 heteroatoms. The van der Waals surface area contributed by atoms with Gasteiger partial charge in [0.15, 0.2) is 0 Å². The second-order valence-corrected chi connectivity index (χ2v) is 4.15. The van der Waals surface area contributed by atoms with Gasteiger partial charge in [0.25, 0.3) is 0 Å². The van der Waals surface area contributed by atoms with Crippen LogP contribution in [0.15, 0.2) is 35.1 Å². The van der Waals surface area contributed by atoms with E-state index in [4.69, 9.17) is 0 Å². The summed E-state index contributed by atoms with van der Waals surface area (Å²) < 4.78 is 1.03. The molecule has 0 saturated carbocycles. The Morgan fingerprint density at radius 1 is 1.64 bits per heavy atom. The lowest BCUT2D eigenvalue weighted by atomic mass is 10.3. The molecule has 1 aromatic rings. The van der Waals surface area contributed by atoms with E-state index < -0.39 is 0 Å². The molecular weight excluding hydrogens is 240 g/mol. The van der Waals surface area contributed by atoms with Crippen LogP contribution in [0.5, 0.6) is 0 Å². The van der Waals surface area contributed by atoms with Gasteiger partial charge in [0.1, 0.15) is 0 Å². The number of likely N-dealkylation sites (N-methyl/N-ethyl adjacent to an activating group) is 1. The second-order valence-electron chi connectivity index (χ2n) is 3.30. The highest BCUT2D eigenvalue weighted by Crippen LogP contribution is 2.24. The Morgan fingerprint density at radius 3 is 2.86 bits per heavy atom. The normalized spacial score (nSPS) is 9.93. The second kappa shape index (κ2) is 5.15. The number of aromatic nitrogens is 1. The topological polar surface area (TPSA) is 16.1 Å². The van der Waals surface area contributed by atoms with Crippen LogP contribution < -0.4 is 4.90 Å². The zero-order valence-corrected chi connectivity index (χ0v) is 10.2. The summed E-state index contributed by atoms with van der Waals surface area (Å²) in [4.78, 5) is 6.30. The van der Waals surface area contributed by atoms with Crippen molar-refractivity contribution in [2.75, 3.05) is 18.0 Å². The summed E-state index contributed by atoms with van der Waals surface area (Å²) in [5.74, 6) is 0. The molecule has 0 spiro atoms. The minimum Gasteiger partial charge on any atom is -0.367 e. The number of rotatable bonds is 4. The van der Waals surface area contributed by atoms with Gasteiger partial charge in [0.05, 0.1) is 10.2 Å². The van der Waals surface area contributed by atoms with E-state index in [1.807, 2.05) is 19.2 Å². The fraction of sp³-hybridized carbons (Fsp3) is 0.364. The largest absolute Gasteiger partial charge is 0.367 e. The van der Waals surface area contributed by atoms with Gasteiger partial charge in [-0.25, -0.2) is 0 Å². The third-order valence-corrected chi connectivity index (χ3v) is 2.55. The van der Waals surface area contributed by atoms with E-state index in [2.05, 4.69) is 39.3 Å². The fourth-order valence-corrected chi connectivity index (χ4v) is 1.82. The van der Waals surface area contributed by atoms with Gasteiger partial charge in [-0.05, 0) is 35.8 Å². The molecule has 0 saturated heterocycles. The summed E-state index contributed by atoms with van der Waals surface area (Å²) in [5.41, 5.74) is 2.33. The van der Waals surface area contributed by atoms with Gasteiger partial charge in [-0.1, -0.05) is 12.2 Å². The number of halogens is 1. The lowest BCUT2D eigenvalue weighted by Crippen LogP contribution is -2.24. The zero-order chi connectivity index (χ0) is 10.6. The molecule has 0 radical (unpaired) electrons. The van der Waals surface area contributed by atoms with Crippen LogP contribution in [0.25, 0.3) is 0 Å². The van der Waals surface area contributed by atoms with Crippen molar-refractivity contribution in [1.29, 1.82) is 0 Å². The first-order valence-corrected chi connectivity index (χ1v) is 5.43. The zero-order valence-electron chi connectivity index (χ0n) is 8.63. The van der Waals surface area contributed by atoms with Crippen molar-refractivity contribution in [2.45, 2.75) is 13.8 Å². The van der Waals surface area contributed by atoms with E-state index in [1.165, 1.54) is 5.69 Å². The summed E-state index contributed by atoms with van der Waals surface area (Å²) in [7, 11) is 0. The minimum absolute atomic E-state index is 0.888. The van der Waals surface area contributed by atoms with Crippen molar-refractivity contribution in [3.8, 4) is 0 Å². The first-order valence-electron chi connectivity index (χ1n) is 4.64. The molecule has 1 aromatic heterocycles. The molecule has 0 aliphatic heterocycles. The number of hydrogen-bond acceptors (Lipinski definition) is 2. The summed E-state index contributed by atoms with van der Waals surface area (Å²) >= 11 is 3.49. The molecule has 1 rings (SSSR count). The van der Waals surface area contributed by atoms with Gasteiger partial charge in [-0.3, -0.25) is 4.98 Å². The van der Waals surface area contributed by atoms with Crippen LogP contribution in [-0.2, 0) is 0 Å². The van der Waals surface area contributed by atoms with Crippen molar-refractivity contribution >= 4 is 21.6 Å². The molecular formula is C11H15BrN2. The predicted octanol–water partition coefficient (Wildman–Crippen LogP) is 3.25. The summed E-state index contributed by atoms with van der Waals surface area (Å²) in [5, 5.41) is 0. The van der Waals surface area contributed by atoms with Crippen LogP contribution in [-0.4, -0.2) is 18.1 Å². The molecule has 0 amide bonds. The van der Waals surface area contributed by atoms with E-state index in [0.29, 0.717) is 0 Å². The Balaban J connectivity index is 2.89. The summed E-state index contributed by atoms with van der Waals surface area (Å²) in [6, 6.07) is 2.01. The lowest BCUT2D eigenvalue weighted by Gasteiger charge is -2.24. The Labute approximate surface area is 93.8 Å². The molecule has 0 unspecified atom stereocenters. The van der Waals surface area contributed by atoms with Crippen molar-refractivity contribution in [2.24, 2.45) is 0 Å². The number of nitrogens with zero attached hydrogens (tertiary/aromatic N) is 2. The first-order chi connectivity index (χ1) is 6.65. The molecule has 0 N–H and O–H groups in total. The van der Waals surface area contributed by atoms with Gasteiger partial charge in [-0.2, -0.15) is 0 Å². The van der Waals surface area contributed by atoms with Gasteiger partial charge >= 0.3 is 0 Å². The smallest absolute Gasteiger partial charge is 0.0592 e. The lowest BCUT2D eigenvalue weighted by molar-refractivity contribution is 0.876. The quantitative estimate of drug-likeness (QED) is 0.768. The summed E-state index contributed by atoms with van der Waals surface area (Å²) in [6.07, 6.45) is 3.62. The Morgan fingerprint density at radius 2 is 2.36 bits per heavy atom. The maximum atomic E-state index is 4.04. The highest BCUT2D eigenvalue weighted by Gasteiger charge is 2.07. The average Bonchev–Trinajstić information content (AvgIpc) is 2.15. The number of pyridine rings is 1. The van der Waals surface area contributed by atoms with Crippen molar-refractivity contribution in [3.05, 3.63) is 35.1 Å². The first kappa shape index (κ1) is 11.2. The fourth-order valence-electron chi connectivity index (χ4n) is 1.32. The Bertz CT molecular complexity index is 323. The monoisotopic (exact) mass is 254 g/mol. The number of hydrogen-bond donors (Lipinski definition) is 0. The predicted molar refractivity (Wildman–Crippen MR) is 64.6 cm³/mol. The van der Waals surface area contributed by atoms with E-state index in [0.717, 1.165) is 23.1 Å². The van der Waals surface area contributed by atoms with Crippen LogP contribution in [0.4, 0.5) is 5.69 Å². The van der Waals surface area contributed by atoms with Gasteiger partial charge in [-0.15, -0.1) is 0 Å². The maximum Gasteiger partial charge on any atom is 0.0592 e. The van der Waals surface area contributed by atoms with Gasteiger partial charge in [0.2, 0.25) is 0 Å². The van der Waals surface area contributed by atoms with Crippen molar-refractivity contribution < 1.29 is 0 Å². The molecule has 0 bridgehead atoms. The highest BCUT2D eigenvalue weighted by atomic mass is 79.9. The Kier molecular flexibility index (Phi) is 4.14. The Hall–Kier alpha value is -0.830. The molecule has 1 heterocycles. The molecule has 76 valence electrons. The SMILES string of the molecule is C=C(C)CN(CC)c1ccncc1Br. The van der Waals surface area contributed by atoms with Gasteiger partial charge in [0, 0.05) is 25.5 Å². The van der Waals surface area contributed by atoms with Crippen LogP contribution >= 0.6 is 15.9 Å². The van der Waals surface area contributed by atoms with Crippen molar-refractivity contribution in [3.63, 3.8) is 0 Å². The van der Waals surface area contributed by atoms with Crippen molar-refractivity contribution in [1.82, 2.24) is 4.98 Å². The molecule has 14 heavy (non-hydrogen) atoms. The van der Waals surface area contributed by atoms with E-state index >= 15 is 0 Å². The molecule has 0 fully saturated rings. The number of anilines is 1. The van der Waals surface area contributed by atoms with E-state index in [-0.39, 0.29) is 0 Å². The maximum absolute atomic E-state index is 4.04. The van der Waals surface area contributed by atoms with Gasteiger partial charge < -0.3 is 4.90 Å².